The minimum atomic E-state index is -3.77. The number of aryl methyl sites for hydroxylation is 1. The van der Waals surface area contributed by atoms with Crippen molar-refractivity contribution >= 4 is 27.3 Å². The molecule has 0 aliphatic heterocycles. The van der Waals surface area contributed by atoms with Crippen LogP contribution >= 0.6 is 11.6 Å². The summed E-state index contributed by atoms with van der Waals surface area (Å²) in [5.74, 6) is 0.264. The highest BCUT2D eigenvalue weighted by Crippen LogP contribution is 2.34. The zero-order valence-electron chi connectivity index (χ0n) is 13.3. The van der Waals surface area contributed by atoms with Crippen molar-refractivity contribution in [2.45, 2.75) is 30.2 Å². The Labute approximate surface area is 146 Å². The molecule has 1 aliphatic rings. The fraction of sp³-hybridized carbons (Fsp3) is 0.294. The van der Waals surface area contributed by atoms with Crippen LogP contribution in [-0.4, -0.2) is 15.5 Å². The van der Waals surface area contributed by atoms with E-state index in [1.165, 1.54) is 13.2 Å². The van der Waals surface area contributed by atoms with Crippen molar-refractivity contribution in [2.24, 2.45) is 0 Å². The van der Waals surface area contributed by atoms with Gasteiger partial charge < -0.3 is 10.5 Å². The predicted molar refractivity (Wildman–Crippen MR) is 94.9 cm³/mol. The molecule has 0 fully saturated rings. The summed E-state index contributed by atoms with van der Waals surface area (Å²) < 4.78 is 33.6. The Bertz CT molecular complexity index is 868. The van der Waals surface area contributed by atoms with Crippen molar-refractivity contribution in [1.29, 1.82) is 0 Å². The number of anilines is 1. The molecule has 0 radical (unpaired) electrons. The molecular weight excluding hydrogens is 348 g/mol. The summed E-state index contributed by atoms with van der Waals surface area (Å²) in [6, 6.07) is 9.86. The second-order valence-corrected chi connectivity index (χ2v) is 7.94. The van der Waals surface area contributed by atoms with E-state index >= 15 is 0 Å². The van der Waals surface area contributed by atoms with Crippen molar-refractivity contribution in [3.63, 3.8) is 0 Å². The first-order valence-corrected chi connectivity index (χ1v) is 9.51. The summed E-state index contributed by atoms with van der Waals surface area (Å²) in [6.45, 7) is 0. The van der Waals surface area contributed by atoms with Gasteiger partial charge in [0.2, 0.25) is 10.0 Å². The lowest BCUT2D eigenvalue weighted by atomic mass is 9.88. The molecule has 0 saturated heterocycles. The Balaban J connectivity index is 1.96. The van der Waals surface area contributed by atoms with E-state index in [-0.39, 0.29) is 16.7 Å². The van der Waals surface area contributed by atoms with Crippen molar-refractivity contribution in [3.05, 3.63) is 52.5 Å². The molecule has 3 rings (SSSR count). The van der Waals surface area contributed by atoms with Gasteiger partial charge in [-0.25, -0.2) is 13.1 Å². The SMILES string of the molecule is COc1ccc(Cl)cc1S(=O)(=O)NC1CCCc2cc(N)ccc21. The average Bonchev–Trinajstić information content (AvgIpc) is 2.54. The minimum Gasteiger partial charge on any atom is -0.495 e. The fourth-order valence-corrected chi connectivity index (χ4v) is 4.75. The summed E-state index contributed by atoms with van der Waals surface area (Å²) in [5, 5.41) is 0.341. The summed E-state index contributed by atoms with van der Waals surface area (Å²) in [7, 11) is -2.34. The third-order valence-electron chi connectivity index (χ3n) is 4.19. The van der Waals surface area contributed by atoms with Gasteiger partial charge in [0.25, 0.3) is 0 Å². The standard InChI is InChI=1S/C17H19ClN2O3S/c1-23-16-8-5-12(18)10-17(16)24(21,22)20-15-4-2-3-11-9-13(19)6-7-14(11)15/h5-10,15,20H,2-4,19H2,1H3. The lowest BCUT2D eigenvalue weighted by molar-refractivity contribution is 0.401. The van der Waals surface area contributed by atoms with Gasteiger partial charge >= 0.3 is 0 Å². The van der Waals surface area contributed by atoms with Crippen molar-refractivity contribution in [3.8, 4) is 5.75 Å². The molecule has 128 valence electrons. The highest BCUT2D eigenvalue weighted by atomic mass is 35.5. The highest BCUT2D eigenvalue weighted by Gasteiger charge is 2.28. The molecule has 3 N–H and O–H groups in total. The van der Waals surface area contributed by atoms with Crippen LogP contribution in [0.15, 0.2) is 41.3 Å². The Morgan fingerprint density at radius 1 is 1.25 bits per heavy atom. The smallest absolute Gasteiger partial charge is 0.244 e. The number of rotatable bonds is 4. The van der Waals surface area contributed by atoms with Crippen LogP contribution in [0, 0.1) is 0 Å². The van der Waals surface area contributed by atoms with Crippen molar-refractivity contribution in [2.75, 3.05) is 12.8 Å². The van der Waals surface area contributed by atoms with E-state index in [9.17, 15) is 8.42 Å². The van der Waals surface area contributed by atoms with Crippen LogP contribution in [0.2, 0.25) is 5.02 Å². The number of sulfonamides is 1. The molecule has 5 nitrogen and oxygen atoms in total. The zero-order chi connectivity index (χ0) is 17.3. The van der Waals surface area contributed by atoms with Crippen LogP contribution < -0.4 is 15.2 Å². The largest absolute Gasteiger partial charge is 0.495 e. The van der Waals surface area contributed by atoms with Gasteiger partial charge in [0, 0.05) is 16.8 Å². The molecule has 1 aliphatic carbocycles. The number of methoxy groups -OCH3 is 1. The topological polar surface area (TPSA) is 81.4 Å². The molecule has 0 bridgehead atoms. The Morgan fingerprint density at radius 2 is 2.04 bits per heavy atom. The molecule has 2 aromatic carbocycles. The Morgan fingerprint density at radius 3 is 2.79 bits per heavy atom. The molecule has 0 amide bonds. The van der Waals surface area contributed by atoms with Crippen molar-refractivity contribution in [1.82, 2.24) is 4.72 Å². The maximum Gasteiger partial charge on any atom is 0.244 e. The van der Waals surface area contributed by atoms with Crippen LogP contribution in [0.4, 0.5) is 5.69 Å². The number of benzene rings is 2. The van der Waals surface area contributed by atoms with Gasteiger partial charge in [-0.2, -0.15) is 0 Å². The summed E-state index contributed by atoms with van der Waals surface area (Å²) in [6.07, 6.45) is 2.54. The molecule has 0 spiro atoms. The van der Waals surface area contributed by atoms with Crippen LogP contribution in [0.25, 0.3) is 0 Å². The van der Waals surface area contributed by atoms with E-state index < -0.39 is 10.0 Å². The van der Waals surface area contributed by atoms with Crippen LogP contribution in [0.5, 0.6) is 5.75 Å². The predicted octanol–water partition coefficient (Wildman–Crippen LogP) is 3.29. The molecule has 24 heavy (non-hydrogen) atoms. The highest BCUT2D eigenvalue weighted by molar-refractivity contribution is 7.89. The van der Waals surface area contributed by atoms with E-state index in [4.69, 9.17) is 22.1 Å². The summed E-state index contributed by atoms with van der Waals surface area (Å²) in [4.78, 5) is 0.0417. The number of hydrogen-bond acceptors (Lipinski definition) is 4. The van der Waals surface area contributed by atoms with Gasteiger partial charge in [-0.05, 0) is 60.7 Å². The molecule has 0 saturated carbocycles. The lowest BCUT2D eigenvalue weighted by Crippen LogP contribution is -2.31. The minimum absolute atomic E-state index is 0.0417. The summed E-state index contributed by atoms with van der Waals surface area (Å²) >= 11 is 5.96. The maximum absolute atomic E-state index is 12.8. The van der Waals surface area contributed by atoms with Crippen LogP contribution in [-0.2, 0) is 16.4 Å². The number of nitrogens with one attached hydrogen (secondary N) is 1. The Kier molecular flexibility index (Phi) is 4.71. The summed E-state index contributed by atoms with van der Waals surface area (Å²) in [5.41, 5.74) is 8.58. The molecule has 1 atom stereocenters. The molecule has 0 aromatic heterocycles. The number of hydrogen-bond donors (Lipinski definition) is 2. The van der Waals surface area contributed by atoms with E-state index in [1.54, 1.807) is 18.2 Å². The lowest BCUT2D eigenvalue weighted by Gasteiger charge is -2.26. The Hall–Kier alpha value is -1.76. The molecule has 1 unspecified atom stereocenters. The first kappa shape index (κ1) is 17.1. The second-order valence-electron chi connectivity index (χ2n) is 5.82. The van der Waals surface area contributed by atoms with E-state index in [1.807, 2.05) is 12.1 Å². The molecule has 7 heteroatoms. The third-order valence-corrected chi connectivity index (χ3v) is 5.92. The number of nitrogens with two attached hydrogens (primary N) is 1. The van der Waals surface area contributed by atoms with Gasteiger partial charge in [0.05, 0.1) is 7.11 Å². The van der Waals surface area contributed by atoms with Gasteiger partial charge in [0.15, 0.2) is 0 Å². The van der Waals surface area contributed by atoms with E-state index in [2.05, 4.69) is 4.72 Å². The van der Waals surface area contributed by atoms with Crippen LogP contribution in [0.1, 0.15) is 30.0 Å². The normalized spacial score (nSPS) is 17.3. The fourth-order valence-electron chi connectivity index (χ4n) is 3.07. The van der Waals surface area contributed by atoms with E-state index in [0.717, 1.165) is 30.4 Å². The van der Waals surface area contributed by atoms with Gasteiger partial charge in [-0.1, -0.05) is 17.7 Å². The number of ether oxygens (including phenoxy) is 1. The molecule has 2 aromatic rings. The first-order chi connectivity index (χ1) is 11.4. The maximum atomic E-state index is 12.8. The van der Waals surface area contributed by atoms with Crippen LogP contribution in [0.3, 0.4) is 0 Å². The molecule has 0 heterocycles. The second kappa shape index (κ2) is 6.63. The quantitative estimate of drug-likeness (QED) is 0.813. The third kappa shape index (κ3) is 3.36. The number of fused-ring (bicyclic) bond motifs is 1. The number of nitrogen functional groups attached to an aromatic ring is 1. The first-order valence-electron chi connectivity index (χ1n) is 7.65. The zero-order valence-corrected chi connectivity index (χ0v) is 14.8. The van der Waals surface area contributed by atoms with Crippen molar-refractivity contribution < 1.29 is 13.2 Å². The van der Waals surface area contributed by atoms with Gasteiger partial charge in [0.1, 0.15) is 10.6 Å². The number of halogens is 1. The molecular formula is C17H19ClN2O3S. The van der Waals surface area contributed by atoms with Gasteiger partial charge in [-0.3, -0.25) is 0 Å². The van der Waals surface area contributed by atoms with Gasteiger partial charge in [-0.15, -0.1) is 0 Å². The monoisotopic (exact) mass is 366 g/mol. The van der Waals surface area contributed by atoms with E-state index in [0.29, 0.717) is 10.7 Å². The average molecular weight is 367 g/mol.